The van der Waals surface area contributed by atoms with Crippen LogP contribution in [0.5, 0.6) is 23.0 Å². The molecule has 3 heterocycles. The smallest absolute Gasteiger partial charge is 0.162 e. The van der Waals surface area contributed by atoms with E-state index >= 15 is 0 Å². The Hall–Kier alpha value is -1.48. The average molecular weight is 540 g/mol. The molecule has 0 unspecified atom stereocenters. The van der Waals surface area contributed by atoms with Gasteiger partial charge in [-0.05, 0) is 36.4 Å². The molecule has 0 radical (unpaired) electrons. The van der Waals surface area contributed by atoms with Gasteiger partial charge < -0.3 is 18.9 Å². The Labute approximate surface area is 193 Å². The molecule has 160 valence electrons. The van der Waals surface area contributed by atoms with E-state index in [-0.39, 0.29) is 12.2 Å². The largest absolute Gasteiger partial charge is 0.486 e. The van der Waals surface area contributed by atoms with Crippen molar-refractivity contribution in [1.29, 1.82) is 0 Å². The predicted octanol–water partition coefficient (Wildman–Crippen LogP) is 3.81. The van der Waals surface area contributed by atoms with E-state index in [1.54, 1.807) is 0 Å². The van der Waals surface area contributed by atoms with Crippen LogP contribution in [0.3, 0.4) is 0 Å². The van der Waals surface area contributed by atoms with Crippen molar-refractivity contribution in [3.8, 4) is 23.0 Å². The van der Waals surface area contributed by atoms with Crippen molar-refractivity contribution < 1.29 is 18.9 Å². The summed E-state index contributed by atoms with van der Waals surface area (Å²) in [5.41, 5.74) is 0. The summed E-state index contributed by atoms with van der Waals surface area (Å²) in [7, 11) is 0. The van der Waals surface area contributed by atoms with Gasteiger partial charge in [-0.25, -0.2) is 0 Å². The number of ether oxygens (including phenoxy) is 4. The zero-order valence-corrected chi connectivity index (χ0v) is 19.7. The number of hydrogen-bond donors (Lipinski definition) is 0. The Morgan fingerprint density at radius 3 is 1.53 bits per heavy atom. The van der Waals surface area contributed by atoms with Crippen molar-refractivity contribution in [2.24, 2.45) is 0 Å². The van der Waals surface area contributed by atoms with Gasteiger partial charge in [0.2, 0.25) is 0 Å². The lowest BCUT2D eigenvalue weighted by Gasteiger charge is -2.39. The van der Waals surface area contributed by atoms with Crippen molar-refractivity contribution in [2.75, 3.05) is 52.5 Å². The minimum atomic E-state index is 0.0587. The highest BCUT2D eigenvalue weighted by atomic mass is 79.9. The first kappa shape index (κ1) is 20.4. The van der Waals surface area contributed by atoms with E-state index in [9.17, 15) is 0 Å². The van der Waals surface area contributed by atoms with Crippen molar-refractivity contribution in [1.82, 2.24) is 9.80 Å². The summed E-state index contributed by atoms with van der Waals surface area (Å²) in [6.07, 6.45) is 0.117. The lowest BCUT2D eigenvalue weighted by atomic mass is 10.2. The molecular weight excluding hydrogens is 516 g/mol. The molecule has 0 aliphatic carbocycles. The van der Waals surface area contributed by atoms with E-state index in [1.807, 2.05) is 36.4 Å². The minimum Gasteiger partial charge on any atom is -0.486 e. The van der Waals surface area contributed by atoms with Crippen molar-refractivity contribution in [2.45, 2.75) is 12.2 Å². The van der Waals surface area contributed by atoms with Gasteiger partial charge in [-0.1, -0.05) is 31.9 Å². The Morgan fingerprint density at radius 2 is 1.10 bits per heavy atom. The van der Waals surface area contributed by atoms with E-state index in [4.69, 9.17) is 18.9 Å². The molecule has 1 fully saturated rings. The molecule has 2 aromatic rings. The molecule has 1 saturated heterocycles. The van der Waals surface area contributed by atoms with E-state index in [0.29, 0.717) is 13.2 Å². The average Bonchev–Trinajstić information content (AvgIpc) is 2.74. The highest BCUT2D eigenvalue weighted by molar-refractivity contribution is 9.10. The van der Waals surface area contributed by atoms with Gasteiger partial charge in [0.1, 0.15) is 25.4 Å². The summed E-state index contributed by atoms with van der Waals surface area (Å²) in [6.45, 7) is 7.01. The second-order valence-corrected chi connectivity index (χ2v) is 9.72. The fraction of sp³-hybridized carbons (Fsp3) is 0.455. The van der Waals surface area contributed by atoms with Gasteiger partial charge >= 0.3 is 0 Å². The van der Waals surface area contributed by atoms with Gasteiger partial charge in [0.25, 0.3) is 0 Å². The number of piperazine rings is 1. The number of halogens is 2. The fourth-order valence-corrected chi connectivity index (χ4v) is 4.77. The lowest BCUT2D eigenvalue weighted by Crippen LogP contribution is -2.53. The third-order valence-corrected chi connectivity index (χ3v) is 6.62. The van der Waals surface area contributed by atoms with Crippen molar-refractivity contribution >= 4 is 31.9 Å². The third-order valence-electron chi connectivity index (χ3n) is 5.64. The second kappa shape index (κ2) is 8.94. The minimum absolute atomic E-state index is 0.0587. The molecule has 0 spiro atoms. The zero-order chi connectivity index (χ0) is 20.5. The summed E-state index contributed by atoms with van der Waals surface area (Å²) >= 11 is 6.99. The van der Waals surface area contributed by atoms with Crippen LogP contribution in [0.1, 0.15) is 0 Å². The van der Waals surface area contributed by atoms with Crippen LogP contribution < -0.4 is 18.9 Å². The summed E-state index contributed by atoms with van der Waals surface area (Å²) in [5, 5.41) is 0. The molecule has 0 bridgehead atoms. The Morgan fingerprint density at radius 1 is 0.667 bits per heavy atom. The van der Waals surface area contributed by atoms with Crippen LogP contribution in [-0.2, 0) is 0 Å². The molecule has 0 saturated carbocycles. The molecule has 8 heteroatoms. The van der Waals surface area contributed by atoms with Crippen LogP contribution in [0.4, 0.5) is 0 Å². The van der Waals surface area contributed by atoms with Gasteiger partial charge in [0.05, 0.1) is 0 Å². The van der Waals surface area contributed by atoms with Gasteiger partial charge in [0.15, 0.2) is 23.0 Å². The number of hydrogen-bond acceptors (Lipinski definition) is 6. The zero-order valence-electron chi connectivity index (χ0n) is 16.6. The Bertz CT molecular complexity index is 831. The van der Waals surface area contributed by atoms with E-state index in [1.165, 1.54) is 0 Å². The highest BCUT2D eigenvalue weighted by Crippen LogP contribution is 2.35. The van der Waals surface area contributed by atoms with Gasteiger partial charge in [0, 0.05) is 48.2 Å². The van der Waals surface area contributed by atoms with Crippen LogP contribution in [0, 0.1) is 0 Å². The van der Waals surface area contributed by atoms with E-state index in [2.05, 4.69) is 41.7 Å². The summed E-state index contributed by atoms with van der Waals surface area (Å²) in [4.78, 5) is 4.91. The van der Waals surface area contributed by atoms with Gasteiger partial charge in [-0.15, -0.1) is 0 Å². The summed E-state index contributed by atoms with van der Waals surface area (Å²) in [5.74, 6) is 3.28. The predicted molar refractivity (Wildman–Crippen MR) is 121 cm³/mol. The van der Waals surface area contributed by atoms with E-state index in [0.717, 1.165) is 71.2 Å². The maximum atomic E-state index is 6.16. The number of fused-ring (bicyclic) bond motifs is 2. The summed E-state index contributed by atoms with van der Waals surface area (Å²) in [6, 6.07) is 11.8. The Balaban J connectivity index is 1.09. The second-order valence-electron chi connectivity index (χ2n) is 7.89. The lowest BCUT2D eigenvalue weighted by molar-refractivity contribution is 0.0200. The van der Waals surface area contributed by atoms with Gasteiger partial charge in [-0.3, -0.25) is 9.80 Å². The normalized spacial score (nSPS) is 23.9. The standard InChI is InChI=1S/C22H24Br2N2O4/c23-15-1-3-19-21(9-15)29-17(13-27-19)11-25-5-7-26(8-6-25)12-18-14-28-20-4-2-16(24)10-22(20)30-18/h1-4,9-10,17-18H,5-8,11-14H2/t17-,18-/m0/s1. The maximum absolute atomic E-state index is 6.16. The molecule has 2 aromatic carbocycles. The number of rotatable bonds is 4. The number of nitrogens with zero attached hydrogens (tertiary/aromatic N) is 2. The van der Waals surface area contributed by atoms with Gasteiger partial charge in [-0.2, -0.15) is 0 Å². The maximum Gasteiger partial charge on any atom is 0.162 e. The topological polar surface area (TPSA) is 43.4 Å². The summed E-state index contributed by atoms with van der Waals surface area (Å²) < 4.78 is 26.1. The fourth-order valence-electron chi connectivity index (χ4n) is 4.09. The molecule has 3 aliphatic heterocycles. The molecule has 5 rings (SSSR count). The first-order valence-electron chi connectivity index (χ1n) is 10.2. The quantitative estimate of drug-likeness (QED) is 0.588. The van der Waals surface area contributed by atoms with E-state index < -0.39 is 0 Å². The molecule has 2 atom stereocenters. The molecule has 0 aromatic heterocycles. The third kappa shape index (κ3) is 4.72. The van der Waals surface area contributed by atoms with Crippen LogP contribution in [-0.4, -0.2) is 74.5 Å². The van der Waals surface area contributed by atoms with Crippen LogP contribution in [0.2, 0.25) is 0 Å². The Kier molecular flexibility index (Phi) is 6.09. The van der Waals surface area contributed by atoms with Crippen LogP contribution in [0.25, 0.3) is 0 Å². The van der Waals surface area contributed by atoms with Crippen molar-refractivity contribution in [3.63, 3.8) is 0 Å². The van der Waals surface area contributed by atoms with Crippen LogP contribution >= 0.6 is 31.9 Å². The SMILES string of the molecule is Brc1ccc2c(c1)O[C@@H](CN1CCN(C[C@H]3COc4ccc(Br)cc4O3)CC1)CO2. The monoisotopic (exact) mass is 538 g/mol. The molecule has 3 aliphatic rings. The molecular formula is C22H24Br2N2O4. The molecule has 0 amide bonds. The molecule has 0 N–H and O–H groups in total. The van der Waals surface area contributed by atoms with Crippen LogP contribution in [0.15, 0.2) is 45.3 Å². The first-order chi connectivity index (χ1) is 14.6. The molecule has 30 heavy (non-hydrogen) atoms. The highest BCUT2D eigenvalue weighted by Gasteiger charge is 2.28. The van der Waals surface area contributed by atoms with Crippen molar-refractivity contribution in [3.05, 3.63) is 45.3 Å². The molecule has 6 nitrogen and oxygen atoms in total. The number of benzene rings is 2. The first-order valence-corrected chi connectivity index (χ1v) is 11.8.